The molecule has 27 heavy (non-hydrogen) atoms. The second-order valence-corrected chi connectivity index (χ2v) is 9.17. The highest BCUT2D eigenvalue weighted by atomic mass is 35.5. The minimum atomic E-state index is -0.0486. The van der Waals surface area contributed by atoms with Crippen LogP contribution in [0.25, 0.3) is 4.96 Å². The second-order valence-electron chi connectivity index (χ2n) is 7.72. The summed E-state index contributed by atoms with van der Waals surface area (Å²) in [5, 5.41) is 16.1. The molecular weight excluding hydrogens is 380 g/mol. The Labute approximate surface area is 168 Å². The van der Waals surface area contributed by atoms with E-state index in [-0.39, 0.29) is 11.9 Å². The molecule has 1 saturated heterocycles. The predicted octanol–water partition coefficient (Wildman–Crippen LogP) is 4.78. The van der Waals surface area contributed by atoms with Crippen molar-refractivity contribution in [2.45, 2.75) is 39.7 Å². The van der Waals surface area contributed by atoms with E-state index in [1.54, 1.807) is 4.52 Å². The zero-order valence-electron chi connectivity index (χ0n) is 15.9. The molecule has 0 bridgehead atoms. The zero-order chi connectivity index (χ0) is 19.1. The molecule has 0 spiro atoms. The highest BCUT2D eigenvalue weighted by molar-refractivity contribution is 7.17. The first-order valence-electron chi connectivity index (χ1n) is 9.53. The first-order valence-corrected chi connectivity index (χ1v) is 10.7. The van der Waals surface area contributed by atoms with Crippen LogP contribution in [0.2, 0.25) is 5.02 Å². The molecule has 1 aromatic carbocycles. The van der Waals surface area contributed by atoms with E-state index in [1.807, 2.05) is 25.1 Å². The number of thiazole rings is 1. The number of hydrogen-bond acceptors (Lipinski definition) is 5. The monoisotopic (exact) mass is 404 g/mol. The number of fused-ring (bicyclic) bond motifs is 1. The fourth-order valence-corrected chi connectivity index (χ4v) is 5.58. The average Bonchev–Trinajstić information content (AvgIpc) is 3.14. The zero-order valence-corrected chi connectivity index (χ0v) is 17.5. The van der Waals surface area contributed by atoms with Crippen molar-refractivity contribution >= 4 is 27.9 Å². The second kappa shape index (κ2) is 7.41. The molecule has 0 saturated carbocycles. The SMILES string of the molecule is CCc1nc2sc([C@@H](c3cccc(Cl)c3)N3C[C@H](C)C[C@H](C)C3)c(O)n2n1. The van der Waals surface area contributed by atoms with Crippen molar-refractivity contribution in [3.63, 3.8) is 0 Å². The molecule has 144 valence electrons. The topological polar surface area (TPSA) is 53.7 Å². The van der Waals surface area contributed by atoms with Gasteiger partial charge in [-0.15, -0.1) is 5.10 Å². The standard InChI is InChI=1S/C20H25ClN4OS/c1-4-16-22-20-25(23-16)19(26)18(27-20)17(14-6-5-7-15(21)9-14)24-10-12(2)8-13(3)11-24/h5-7,9,12-13,17,26H,4,8,10-11H2,1-3H3/t12-,13+,17-/m1/s1. The van der Waals surface area contributed by atoms with Gasteiger partial charge in [-0.1, -0.05) is 55.8 Å². The van der Waals surface area contributed by atoms with Gasteiger partial charge in [0.15, 0.2) is 5.82 Å². The molecule has 1 N–H and O–H groups in total. The number of piperidine rings is 1. The smallest absolute Gasteiger partial charge is 0.230 e. The van der Waals surface area contributed by atoms with E-state index in [2.05, 4.69) is 34.9 Å². The molecule has 3 atom stereocenters. The summed E-state index contributed by atoms with van der Waals surface area (Å²) in [7, 11) is 0. The number of hydrogen-bond donors (Lipinski definition) is 1. The minimum Gasteiger partial charge on any atom is -0.492 e. The molecule has 3 heterocycles. The first kappa shape index (κ1) is 18.7. The third-order valence-electron chi connectivity index (χ3n) is 5.23. The van der Waals surface area contributed by atoms with Gasteiger partial charge in [0.2, 0.25) is 10.8 Å². The van der Waals surface area contributed by atoms with Crippen LogP contribution in [0.5, 0.6) is 5.88 Å². The largest absolute Gasteiger partial charge is 0.492 e. The normalized spacial score (nSPS) is 22.4. The molecule has 0 radical (unpaired) electrons. The summed E-state index contributed by atoms with van der Waals surface area (Å²) in [6.07, 6.45) is 1.99. The highest BCUT2D eigenvalue weighted by Gasteiger charge is 2.33. The molecule has 2 aromatic heterocycles. The summed E-state index contributed by atoms with van der Waals surface area (Å²) in [5.41, 5.74) is 1.10. The summed E-state index contributed by atoms with van der Waals surface area (Å²) in [6, 6.07) is 7.91. The third kappa shape index (κ3) is 3.58. The molecule has 0 aliphatic carbocycles. The quantitative estimate of drug-likeness (QED) is 0.679. The maximum Gasteiger partial charge on any atom is 0.230 e. The van der Waals surface area contributed by atoms with Crippen LogP contribution < -0.4 is 0 Å². The molecule has 0 amide bonds. The van der Waals surface area contributed by atoms with Gasteiger partial charge in [0.05, 0.1) is 10.9 Å². The van der Waals surface area contributed by atoms with Crippen LogP contribution >= 0.6 is 22.9 Å². The molecule has 1 aliphatic heterocycles. The van der Waals surface area contributed by atoms with Crippen molar-refractivity contribution in [1.29, 1.82) is 0 Å². The fourth-order valence-electron chi connectivity index (χ4n) is 4.25. The Morgan fingerprint density at radius 2 is 2.04 bits per heavy atom. The van der Waals surface area contributed by atoms with E-state index in [9.17, 15) is 5.11 Å². The Bertz CT molecular complexity index is 943. The Kier molecular flexibility index (Phi) is 5.14. The molecule has 0 unspecified atom stereocenters. The molecular formula is C20H25ClN4OS. The number of benzene rings is 1. The van der Waals surface area contributed by atoms with E-state index < -0.39 is 0 Å². The van der Waals surface area contributed by atoms with Gasteiger partial charge in [-0.05, 0) is 36.0 Å². The summed E-state index contributed by atoms with van der Waals surface area (Å²) in [4.78, 5) is 8.64. The van der Waals surface area contributed by atoms with Crippen molar-refractivity contribution in [3.8, 4) is 5.88 Å². The average molecular weight is 405 g/mol. The van der Waals surface area contributed by atoms with Crippen LogP contribution in [0, 0.1) is 11.8 Å². The fraction of sp³-hybridized carbons (Fsp3) is 0.500. The number of aromatic nitrogens is 3. The van der Waals surface area contributed by atoms with E-state index in [0.717, 1.165) is 40.7 Å². The van der Waals surface area contributed by atoms with Gasteiger partial charge in [-0.3, -0.25) is 4.90 Å². The lowest BCUT2D eigenvalue weighted by Crippen LogP contribution is -2.41. The van der Waals surface area contributed by atoms with Crippen molar-refractivity contribution in [2.75, 3.05) is 13.1 Å². The van der Waals surface area contributed by atoms with Crippen molar-refractivity contribution in [2.24, 2.45) is 11.8 Å². The number of aromatic hydroxyl groups is 1. The number of nitrogens with zero attached hydrogens (tertiary/aromatic N) is 4. The number of rotatable bonds is 4. The van der Waals surface area contributed by atoms with E-state index in [4.69, 9.17) is 11.6 Å². The van der Waals surface area contributed by atoms with Crippen LogP contribution in [0.15, 0.2) is 24.3 Å². The lowest BCUT2D eigenvalue weighted by molar-refractivity contribution is 0.112. The van der Waals surface area contributed by atoms with Gasteiger partial charge in [0, 0.05) is 24.5 Å². The molecule has 5 nitrogen and oxygen atoms in total. The Hall–Kier alpha value is -1.63. The van der Waals surface area contributed by atoms with Crippen LogP contribution in [0.3, 0.4) is 0 Å². The number of halogens is 1. The van der Waals surface area contributed by atoms with Gasteiger partial charge in [0.25, 0.3) is 0 Å². The summed E-state index contributed by atoms with van der Waals surface area (Å²) in [6.45, 7) is 8.61. The van der Waals surface area contributed by atoms with Crippen LogP contribution in [-0.4, -0.2) is 37.7 Å². The predicted molar refractivity (Wildman–Crippen MR) is 110 cm³/mol. The van der Waals surface area contributed by atoms with Crippen molar-refractivity contribution in [1.82, 2.24) is 19.5 Å². The van der Waals surface area contributed by atoms with Gasteiger partial charge in [-0.2, -0.15) is 4.52 Å². The van der Waals surface area contributed by atoms with E-state index in [1.165, 1.54) is 17.8 Å². The molecule has 7 heteroatoms. The summed E-state index contributed by atoms with van der Waals surface area (Å²) in [5.74, 6) is 2.18. The molecule has 4 rings (SSSR count). The van der Waals surface area contributed by atoms with Crippen LogP contribution in [0.4, 0.5) is 0 Å². The summed E-state index contributed by atoms with van der Waals surface area (Å²) >= 11 is 7.82. The van der Waals surface area contributed by atoms with Gasteiger partial charge in [-0.25, -0.2) is 4.98 Å². The van der Waals surface area contributed by atoms with Crippen molar-refractivity contribution < 1.29 is 5.11 Å². The van der Waals surface area contributed by atoms with Gasteiger partial charge >= 0.3 is 0 Å². The number of aryl methyl sites for hydroxylation is 1. The van der Waals surface area contributed by atoms with E-state index >= 15 is 0 Å². The Morgan fingerprint density at radius 3 is 2.67 bits per heavy atom. The Morgan fingerprint density at radius 1 is 1.30 bits per heavy atom. The lowest BCUT2D eigenvalue weighted by atomic mass is 9.89. The molecule has 3 aromatic rings. The molecule has 1 aliphatic rings. The van der Waals surface area contributed by atoms with Gasteiger partial charge < -0.3 is 5.11 Å². The summed E-state index contributed by atoms with van der Waals surface area (Å²) < 4.78 is 1.58. The minimum absolute atomic E-state index is 0.0486. The molecule has 1 fully saturated rings. The maximum atomic E-state index is 11.0. The van der Waals surface area contributed by atoms with Gasteiger partial charge in [0.1, 0.15) is 0 Å². The number of likely N-dealkylation sites (tertiary alicyclic amines) is 1. The maximum absolute atomic E-state index is 11.0. The Balaban J connectivity index is 1.82. The van der Waals surface area contributed by atoms with Crippen LogP contribution in [0.1, 0.15) is 49.5 Å². The lowest BCUT2D eigenvalue weighted by Gasteiger charge is -2.40. The first-order chi connectivity index (χ1) is 13.0. The van der Waals surface area contributed by atoms with E-state index in [0.29, 0.717) is 16.9 Å². The third-order valence-corrected chi connectivity index (χ3v) is 6.54. The highest BCUT2D eigenvalue weighted by Crippen LogP contribution is 2.42. The van der Waals surface area contributed by atoms with Crippen molar-refractivity contribution in [3.05, 3.63) is 45.6 Å². The van der Waals surface area contributed by atoms with Crippen LogP contribution in [-0.2, 0) is 6.42 Å².